The van der Waals surface area contributed by atoms with E-state index in [9.17, 15) is 0 Å². The Morgan fingerprint density at radius 3 is 2.83 bits per heavy atom. The van der Waals surface area contributed by atoms with Gasteiger partial charge in [0.1, 0.15) is 0 Å². The van der Waals surface area contributed by atoms with Crippen molar-refractivity contribution in [1.29, 1.82) is 0 Å². The third-order valence-corrected chi connectivity index (χ3v) is 3.32. The minimum absolute atomic E-state index is 0.415. The fourth-order valence-electron chi connectivity index (χ4n) is 0.744. The second-order valence-corrected chi connectivity index (χ2v) is 5.48. The van der Waals surface area contributed by atoms with Crippen LogP contribution in [-0.2, 0) is 0 Å². The molecule has 0 aromatic carbocycles. The van der Waals surface area contributed by atoms with E-state index in [4.69, 9.17) is 4.42 Å². The average Bonchev–Trinajstić information content (AvgIpc) is 2.58. The van der Waals surface area contributed by atoms with Gasteiger partial charge in [-0.05, 0) is 28.7 Å². The zero-order valence-corrected chi connectivity index (χ0v) is 10.2. The SMILES string of the molecule is Brc1nnc(-c2csc(I)c2)o1. The van der Waals surface area contributed by atoms with Crippen LogP contribution in [0.4, 0.5) is 0 Å². The van der Waals surface area contributed by atoms with Crippen LogP contribution in [0.25, 0.3) is 11.5 Å². The minimum atomic E-state index is 0.415. The summed E-state index contributed by atoms with van der Waals surface area (Å²) in [6.45, 7) is 0. The molecule has 0 radical (unpaired) electrons. The number of aromatic nitrogens is 2. The van der Waals surface area contributed by atoms with Crippen LogP contribution in [0.5, 0.6) is 0 Å². The van der Waals surface area contributed by atoms with Crippen molar-refractivity contribution in [3.63, 3.8) is 0 Å². The second-order valence-electron chi connectivity index (χ2n) is 2.00. The molecule has 0 saturated heterocycles. The van der Waals surface area contributed by atoms with Crippen molar-refractivity contribution in [2.75, 3.05) is 0 Å². The van der Waals surface area contributed by atoms with Crippen molar-refractivity contribution in [3.8, 4) is 11.5 Å². The molecular weight excluding hydrogens is 355 g/mol. The number of hydrogen-bond donors (Lipinski definition) is 0. The highest BCUT2D eigenvalue weighted by molar-refractivity contribution is 14.1. The first kappa shape index (κ1) is 8.64. The molecule has 2 aromatic rings. The first-order valence-corrected chi connectivity index (χ1v) is 5.74. The third kappa shape index (κ3) is 1.69. The number of thiophene rings is 1. The molecule has 0 aliphatic heterocycles. The highest BCUT2D eigenvalue weighted by Crippen LogP contribution is 2.26. The highest BCUT2D eigenvalue weighted by Gasteiger charge is 2.07. The molecule has 0 saturated carbocycles. The van der Waals surface area contributed by atoms with Crippen LogP contribution in [-0.4, -0.2) is 10.2 Å². The zero-order chi connectivity index (χ0) is 8.55. The summed E-state index contributed by atoms with van der Waals surface area (Å²) in [5.74, 6) is 0.557. The fraction of sp³-hybridized carbons (Fsp3) is 0. The van der Waals surface area contributed by atoms with Crippen LogP contribution >= 0.6 is 49.9 Å². The summed E-state index contributed by atoms with van der Waals surface area (Å²) < 4.78 is 6.39. The number of hydrogen-bond acceptors (Lipinski definition) is 4. The van der Waals surface area contributed by atoms with E-state index in [1.165, 1.54) is 2.88 Å². The lowest BCUT2D eigenvalue weighted by Crippen LogP contribution is -1.71. The maximum atomic E-state index is 5.18. The maximum absolute atomic E-state index is 5.18. The summed E-state index contributed by atoms with van der Waals surface area (Å²) in [5, 5.41) is 9.53. The van der Waals surface area contributed by atoms with Gasteiger partial charge in [-0.25, -0.2) is 0 Å². The Morgan fingerprint density at radius 1 is 1.50 bits per heavy atom. The van der Waals surface area contributed by atoms with E-state index < -0.39 is 0 Å². The van der Waals surface area contributed by atoms with Crippen LogP contribution in [0.15, 0.2) is 20.7 Å². The molecule has 2 heterocycles. The second kappa shape index (κ2) is 3.43. The largest absolute Gasteiger partial charge is 0.411 e. The number of nitrogens with zero attached hydrogens (tertiary/aromatic N) is 2. The van der Waals surface area contributed by atoms with Crippen molar-refractivity contribution >= 4 is 49.9 Å². The normalized spacial score (nSPS) is 10.5. The summed E-state index contributed by atoms with van der Waals surface area (Å²) in [6, 6.07) is 2.01. The molecule has 0 aliphatic rings. The first-order valence-electron chi connectivity index (χ1n) is 2.99. The van der Waals surface area contributed by atoms with E-state index in [1.54, 1.807) is 11.3 Å². The van der Waals surface area contributed by atoms with Gasteiger partial charge in [-0.1, -0.05) is 0 Å². The van der Waals surface area contributed by atoms with Gasteiger partial charge in [-0.2, -0.15) is 0 Å². The lowest BCUT2D eigenvalue weighted by molar-refractivity contribution is 0.540. The molecule has 6 heteroatoms. The van der Waals surface area contributed by atoms with Crippen LogP contribution < -0.4 is 0 Å². The summed E-state index contributed by atoms with van der Waals surface area (Å²) >= 11 is 7.00. The van der Waals surface area contributed by atoms with E-state index in [0.717, 1.165) is 5.56 Å². The third-order valence-electron chi connectivity index (χ3n) is 1.21. The van der Waals surface area contributed by atoms with Gasteiger partial charge in [0, 0.05) is 21.3 Å². The molecule has 0 fully saturated rings. The Labute approximate surface area is 94.5 Å². The Hall–Kier alpha value is 0.0500. The number of rotatable bonds is 1. The van der Waals surface area contributed by atoms with Crippen molar-refractivity contribution in [1.82, 2.24) is 10.2 Å². The van der Waals surface area contributed by atoms with Gasteiger partial charge in [-0.3, -0.25) is 0 Å². The molecule has 12 heavy (non-hydrogen) atoms. The quantitative estimate of drug-likeness (QED) is 0.737. The minimum Gasteiger partial charge on any atom is -0.411 e. The van der Waals surface area contributed by atoms with Crippen LogP contribution in [0, 0.1) is 2.88 Å². The van der Waals surface area contributed by atoms with E-state index in [0.29, 0.717) is 10.7 Å². The van der Waals surface area contributed by atoms with Gasteiger partial charge >= 0.3 is 0 Å². The van der Waals surface area contributed by atoms with Gasteiger partial charge in [-0.15, -0.1) is 21.5 Å². The maximum Gasteiger partial charge on any atom is 0.285 e. The monoisotopic (exact) mass is 356 g/mol. The predicted octanol–water partition coefficient (Wildman–Crippen LogP) is 3.17. The Bertz CT molecular complexity index is 361. The molecule has 2 aromatic heterocycles. The van der Waals surface area contributed by atoms with Gasteiger partial charge < -0.3 is 4.42 Å². The topological polar surface area (TPSA) is 38.9 Å². The molecule has 0 amide bonds. The summed E-state index contributed by atoms with van der Waals surface area (Å²) in [5.41, 5.74) is 0.975. The van der Waals surface area contributed by atoms with Crippen LogP contribution in [0.2, 0.25) is 0 Å². The average molecular weight is 357 g/mol. The van der Waals surface area contributed by atoms with Crippen molar-refractivity contribution in [2.24, 2.45) is 0 Å². The van der Waals surface area contributed by atoms with Crippen molar-refractivity contribution < 1.29 is 4.42 Å². The Kier molecular flexibility index (Phi) is 2.47. The van der Waals surface area contributed by atoms with Crippen molar-refractivity contribution in [2.45, 2.75) is 0 Å². The van der Waals surface area contributed by atoms with Gasteiger partial charge in [0.15, 0.2) is 0 Å². The molecule has 3 nitrogen and oxygen atoms in total. The Balaban J connectivity index is 2.43. The molecule has 0 spiro atoms. The zero-order valence-electron chi connectivity index (χ0n) is 5.62. The predicted molar refractivity (Wildman–Crippen MR) is 58.0 cm³/mol. The van der Waals surface area contributed by atoms with Crippen molar-refractivity contribution in [3.05, 3.63) is 19.1 Å². The molecule has 0 N–H and O–H groups in total. The molecular formula is C6H2BrIN2OS. The Morgan fingerprint density at radius 2 is 2.33 bits per heavy atom. The molecule has 62 valence electrons. The van der Waals surface area contributed by atoms with Gasteiger partial charge in [0.05, 0.1) is 8.45 Å². The molecule has 2 rings (SSSR count). The lowest BCUT2D eigenvalue weighted by Gasteiger charge is -1.82. The van der Waals surface area contributed by atoms with E-state index in [1.807, 2.05) is 11.4 Å². The van der Waals surface area contributed by atoms with E-state index >= 15 is 0 Å². The molecule has 0 unspecified atom stereocenters. The van der Waals surface area contributed by atoms with E-state index in [-0.39, 0.29) is 0 Å². The van der Waals surface area contributed by atoms with Gasteiger partial charge in [0.2, 0.25) is 5.89 Å². The number of halogens is 2. The first-order chi connectivity index (χ1) is 5.75. The molecule has 0 bridgehead atoms. The summed E-state index contributed by atoms with van der Waals surface area (Å²) in [6.07, 6.45) is 0. The molecule has 0 atom stereocenters. The van der Waals surface area contributed by atoms with Crippen LogP contribution in [0.1, 0.15) is 0 Å². The summed E-state index contributed by atoms with van der Waals surface area (Å²) in [7, 11) is 0. The lowest BCUT2D eigenvalue weighted by atomic mass is 10.3. The summed E-state index contributed by atoms with van der Waals surface area (Å²) in [4.78, 5) is 0.415. The smallest absolute Gasteiger partial charge is 0.285 e. The standard InChI is InChI=1S/C6H2BrIN2OS/c7-6-10-9-5(11-6)3-1-4(8)12-2-3/h1-2H. The highest BCUT2D eigenvalue weighted by atomic mass is 127. The fourth-order valence-corrected chi connectivity index (χ4v) is 2.30. The van der Waals surface area contributed by atoms with Crippen LogP contribution in [0.3, 0.4) is 0 Å². The molecule has 0 aliphatic carbocycles. The van der Waals surface area contributed by atoms with Gasteiger partial charge in [0.25, 0.3) is 4.80 Å². The van der Waals surface area contributed by atoms with E-state index in [2.05, 4.69) is 48.7 Å².